The fraction of sp³-hybridized carbons (Fsp3) is 0.0909. The standard InChI is InChI=1S/C22H22Si/c1-19(2)18-23(20-12-6-3-7-13-20,21-14-8-4-9-15-21)22-16-10-5-11-17-22/h3-18H,1-2H3. The third-order valence-corrected chi connectivity index (χ3v) is 8.93. The molecule has 3 aromatic rings. The van der Waals surface area contributed by atoms with Gasteiger partial charge in [0.1, 0.15) is 0 Å². The summed E-state index contributed by atoms with van der Waals surface area (Å²) in [6, 6.07) is 32.9. The van der Waals surface area contributed by atoms with Crippen LogP contribution in [0.1, 0.15) is 13.8 Å². The summed E-state index contributed by atoms with van der Waals surface area (Å²) in [6.07, 6.45) is 0. The van der Waals surface area contributed by atoms with Gasteiger partial charge in [-0.2, -0.15) is 0 Å². The Morgan fingerprint density at radius 3 is 1.13 bits per heavy atom. The number of rotatable bonds is 4. The molecule has 0 saturated heterocycles. The van der Waals surface area contributed by atoms with E-state index in [9.17, 15) is 0 Å². The van der Waals surface area contributed by atoms with Gasteiger partial charge >= 0.3 is 0 Å². The van der Waals surface area contributed by atoms with E-state index in [1.165, 1.54) is 21.1 Å². The van der Waals surface area contributed by atoms with Crippen LogP contribution in [0.15, 0.2) is 102 Å². The van der Waals surface area contributed by atoms with Gasteiger partial charge in [0, 0.05) is 0 Å². The van der Waals surface area contributed by atoms with Crippen LogP contribution in [0.4, 0.5) is 0 Å². The summed E-state index contributed by atoms with van der Waals surface area (Å²) in [4.78, 5) is 0. The van der Waals surface area contributed by atoms with E-state index >= 15 is 0 Å². The van der Waals surface area contributed by atoms with Crippen LogP contribution in [-0.4, -0.2) is 8.07 Å². The Labute approximate surface area is 140 Å². The molecule has 114 valence electrons. The highest BCUT2D eigenvalue weighted by Gasteiger charge is 2.36. The first-order valence-electron chi connectivity index (χ1n) is 8.06. The molecule has 0 amide bonds. The van der Waals surface area contributed by atoms with Crippen molar-refractivity contribution in [1.29, 1.82) is 0 Å². The van der Waals surface area contributed by atoms with Gasteiger partial charge in [0.2, 0.25) is 0 Å². The second-order valence-electron chi connectivity index (χ2n) is 6.13. The van der Waals surface area contributed by atoms with Gasteiger partial charge in [-0.05, 0) is 29.4 Å². The largest absolute Gasteiger partial charge is 0.172 e. The predicted octanol–water partition coefficient (Wildman–Crippen LogP) is 3.66. The van der Waals surface area contributed by atoms with Crippen molar-refractivity contribution in [1.82, 2.24) is 0 Å². The zero-order valence-electron chi connectivity index (χ0n) is 13.7. The maximum absolute atomic E-state index is 2.52. The molecule has 0 aromatic heterocycles. The molecule has 0 fully saturated rings. The second kappa shape index (κ2) is 6.80. The molecule has 0 nitrogen and oxygen atoms in total. The van der Waals surface area contributed by atoms with Gasteiger partial charge in [-0.1, -0.05) is 102 Å². The molecule has 0 unspecified atom stereocenters. The van der Waals surface area contributed by atoms with E-state index in [0.29, 0.717) is 0 Å². The van der Waals surface area contributed by atoms with Crippen LogP contribution in [-0.2, 0) is 0 Å². The lowest BCUT2D eigenvalue weighted by molar-refractivity contribution is 1.40. The first-order valence-corrected chi connectivity index (χ1v) is 10.1. The molecule has 0 radical (unpaired) electrons. The molecule has 0 N–H and O–H groups in total. The predicted molar refractivity (Wildman–Crippen MR) is 103 cm³/mol. The number of hydrogen-bond acceptors (Lipinski definition) is 0. The first kappa shape index (κ1) is 15.5. The van der Waals surface area contributed by atoms with Gasteiger partial charge in [-0.15, -0.1) is 0 Å². The maximum atomic E-state index is 2.52. The molecule has 23 heavy (non-hydrogen) atoms. The molecule has 0 bridgehead atoms. The van der Waals surface area contributed by atoms with Crippen molar-refractivity contribution in [3.63, 3.8) is 0 Å². The van der Waals surface area contributed by atoms with Crippen molar-refractivity contribution in [2.45, 2.75) is 13.8 Å². The highest BCUT2D eigenvalue weighted by Crippen LogP contribution is 2.11. The van der Waals surface area contributed by atoms with Crippen molar-refractivity contribution in [3.05, 3.63) is 102 Å². The molecule has 0 aliphatic rings. The maximum Gasteiger partial charge on any atom is 0.172 e. The van der Waals surface area contributed by atoms with Crippen LogP contribution in [0, 0.1) is 0 Å². The summed E-state index contributed by atoms with van der Waals surface area (Å²) >= 11 is 0. The summed E-state index contributed by atoms with van der Waals surface area (Å²) in [6.45, 7) is 4.41. The highest BCUT2D eigenvalue weighted by molar-refractivity contribution is 7.14. The molecule has 0 saturated carbocycles. The molecule has 3 aromatic carbocycles. The number of benzene rings is 3. The topological polar surface area (TPSA) is 0 Å². The second-order valence-corrected chi connectivity index (χ2v) is 9.76. The number of allylic oxidation sites excluding steroid dienone is 1. The molecule has 0 aliphatic carbocycles. The molecule has 0 heterocycles. The molecular weight excluding hydrogens is 292 g/mol. The van der Waals surface area contributed by atoms with Crippen LogP contribution >= 0.6 is 0 Å². The van der Waals surface area contributed by atoms with E-state index in [2.05, 4.69) is 111 Å². The van der Waals surface area contributed by atoms with Gasteiger partial charge in [-0.3, -0.25) is 0 Å². The van der Waals surface area contributed by atoms with E-state index in [4.69, 9.17) is 0 Å². The van der Waals surface area contributed by atoms with Crippen molar-refractivity contribution in [2.75, 3.05) is 0 Å². The summed E-state index contributed by atoms with van der Waals surface area (Å²) in [5.41, 5.74) is 3.89. The van der Waals surface area contributed by atoms with E-state index < -0.39 is 8.07 Å². The summed E-state index contributed by atoms with van der Waals surface area (Å²) in [5.74, 6) is 0. The van der Waals surface area contributed by atoms with Crippen LogP contribution < -0.4 is 15.6 Å². The first-order chi connectivity index (χ1) is 11.2. The van der Waals surface area contributed by atoms with Crippen LogP contribution in [0.2, 0.25) is 0 Å². The lowest BCUT2D eigenvalue weighted by Crippen LogP contribution is -2.66. The Kier molecular flexibility index (Phi) is 4.59. The fourth-order valence-electron chi connectivity index (χ4n) is 3.29. The highest BCUT2D eigenvalue weighted by atomic mass is 28.3. The third-order valence-electron chi connectivity index (χ3n) is 4.19. The minimum Gasteiger partial charge on any atom is -0.0833 e. The zero-order valence-corrected chi connectivity index (χ0v) is 14.7. The average Bonchev–Trinajstić information content (AvgIpc) is 2.62. The Balaban J connectivity index is 2.38. The van der Waals surface area contributed by atoms with Gasteiger partial charge in [-0.25, -0.2) is 0 Å². The van der Waals surface area contributed by atoms with E-state index in [1.807, 2.05) is 0 Å². The van der Waals surface area contributed by atoms with Crippen LogP contribution in [0.5, 0.6) is 0 Å². The Morgan fingerprint density at radius 1 is 0.565 bits per heavy atom. The molecule has 0 atom stereocenters. The molecule has 0 spiro atoms. The van der Waals surface area contributed by atoms with E-state index in [-0.39, 0.29) is 0 Å². The zero-order chi connectivity index (χ0) is 16.1. The summed E-state index contributed by atoms with van der Waals surface area (Å²) < 4.78 is 0. The van der Waals surface area contributed by atoms with Gasteiger partial charge in [0.15, 0.2) is 8.07 Å². The number of hydrogen-bond donors (Lipinski definition) is 0. The molecular formula is C22H22Si. The fourth-order valence-corrected chi connectivity index (χ4v) is 7.81. The SMILES string of the molecule is CC(C)=C[Si](c1ccccc1)(c1ccccc1)c1ccccc1. The van der Waals surface area contributed by atoms with Gasteiger partial charge in [0.25, 0.3) is 0 Å². The van der Waals surface area contributed by atoms with Crippen molar-refractivity contribution in [3.8, 4) is 0 Å². The Hall–Kier alpha value is -2.38. The van der Waals surface area contributed by atoms with Gasteiger partial charge in [0.05, 0.1) is 0 Å². The smallest absolute Gasteiger partial charge is 0.0833 e. The van der Waals surface area contributed by atoms with Crippen molar-refractivity contribution < 1.29 is 0 Å². The molecule has 0 aliphatic heterocycles. The summed E-state index contributed by atoms with van der Waals surface area (Å²) in [7, 11) is -2.15. The lowest BCUT2D eigenvalue weighted by atomic mass is 10.3. The third kappa shape index (κ3) is 3.06. The Bertz CT molecular complexity index is 673. The molecule has 1 heteroatoms. The van der Waals surface area contributed by atoms with E-state index in [1.54, 1.807) is 0 Å². The van der Waals surface area contributed by atoms with Crippen LogP contribution in [0.3, 0.4) is 0 Å². The van der Waals surface area contributed by atoms with Crippen molar-refractivity contribution >= 4 is 23.6 Å². The minimum atomic E-state index is -2.15. The lowest BCUT2D eigenvalue weighted by Gasteiger charge is -2.31. The monoisotopic (exact) mass is 314 g/mol. The average molecular weight is 315 g/mol. The van der Waals surface area contributed by atoms with Crippen molar-refractivity contribution in [2.24, 2.45) is 0 Å². The molecule has 3 rings (SSSR count). The Morgan fingerprint density at radius 2 is 0.870 bits per heavy atom. The quantitative estimate of drug-likeness (QED) is 0.509. The summed E-state index contributed by atoms with van der Waals surface area (Å²) in [5, 5.41) is 4.29. The van der Waals surface area contributed by atoms with Gasteiger partial charge < -0.3 is 0 Å². The van der Waals surface area contributed by atoms with Crippen LogP contribution in [0.25, 0.3) is 0 Å². The normalized spacial score (nSPS) is 11.0. The minimum absolute atomic E-state index is 1.37. The van der Waals surface area contributed by atoms with E-state index in [0.717, 1.165) is 0 Å².